The molecule has 4 heteroatoms. The summed E-state index contributed by atoms with van der Waals surface area (Å²) in [6.45, 7) is 0.619. The maximum atomic E-state index is 11.9. The molecule has 2 aromatic carbocycles. The second kappa shape index (κ2) is 5.50. The van der Waals surface area contributed by atoms with Crippen molar-refractivity contribution in [3.05, 3.63) is 82.1 Å². The highest BCUT2D eigenvalue weighted by Gasteiger charge is 2.07. The van der Waals surface area contributed by atoms with Crippen LogP contribution in [-0.2, 0) is 6.54 Å². The molecule has 0 bridgehead atoms. The Kier molecular flexibility index (Phi) is 3.54. The molecule has 0 amide bonds. The Bertz CT molecular complexity index is 883. The van der Waals surface area contributed by atoms with Crippen LogP contribution in [0.5, 0.6) is 0 Å². The van der Waals surface area contributed by atoms with E-state index in [1.165, 1.54) is 0 Å². The van der Waals surface area contributed by atoms with Crippen molar-refractivity contribution >= 4 is 28.1 Å². The molecule has 1 heterocycles. The molecule has 1 aromatic heterocycles. The van der Waals surface area contributed by atoms with Crippen LogP contribution in [0, 0.1) is 0 Å². The van der Waals surface area contributed by atoms with Crippen LogP contribution in [0.2, 0.25) is 0 Å². The average Bonchev–Trinajstić information content (AvgIpc) is 2.51. The van der Waals surface area contributed by atoms with Crippen LogP contribution in [0.4, 0.5) is 0 Å². The number of nitrogens with two attached hydrogens (primary N) is 1. The van der Waals surface area contributed by atoms with Gasteiger partial charge in [0.05, 0.1) is 5.52 Å². The largest absolute Gasteiger partial charge is 0.389 e. The van der Waals surface area contributed by atoms with Crippen molar-refractivity contribution in [2.75, 3.05) is 0 Å². The van der Waals surface area contributed by atoms with E-state index < -0.39 is 0 Å². The van der Waals surface area contributed by atoms with E-state index in [9.17, 15) is 4.79 Å². The molecular formula is C17H14N2OS. The maximum absolute atomic E-state index is 11.9. The molecule has 104 valence electrons. The molecule has 3 nitrogen and oxygen atoms in total. The quantitative estimate of drug-likeness (QED) is 0.756. The van der Waals surface area contributed by atoms with Crippen LogP contribution in [0.25, 0.3) is 10.9 Å². The van der Waals surface area contributed by atoms with Crippen molar-refractivity contribution < 1.29 is 0 Å². The molecule has 0 spiro atoms. The fourth-order valence-corrected chi connectivity index (χ4v) is 2.68. The summed E-state index contributed by atoms with van der Waals surface area (Å²) in [4.78, 5) is 12.3. The first kappa shape index (κ1) is 13.5. The molecule has 0 fully saturated rings. The molecule has 0 atom stereocenters. The van der Waals surface area contributed by atoms with E-state index in [0.29, 0.717) is 16.9 Å². The van der Waals surface area contributed by atoms with Crippen LogP contribution in [0.3, 0.4) is 0 Å². The zero-order chi connectivity index (χ0) is 14.8. The molecule has 3 aromatic rings. The first-order valence-electron chi connectivity index (χ1n) is 6.63. The van der Waals surface area contributed by atoms with Gasteiger partial charge in [0.25, 0.3) is 0 Å². The molecule has 21 heavy (non-hydrogen) atoms. The van der Waals surface area contributed by atoms with Crippen LogP contribution in [-0.4, -0.2) is 9.56 Å². The summed E-state index contributed by atoms with van der Waals surface area (Å²) in [6, 6.07) is 17.0. The van der Waals surface area contributed by atoms with Gasteiger partial charge in [-0.2, -0.15) is 0 Å². The summed E-state index contributed by atoms with van der Waals surface area (Å²) in [5.41, 5.74) is 8.63. The smallest absolute Gasteiger partial charge is 0.189 e. The Morgan fingerprint density at radius 1 is 1.05 bits per heavy atom. The molecule has 0 aliphatic rings. The highest BCUT2D eigenvalue weighted by Crippen LogP contribution is 2.15. The van der Waals surface area contributed by atoms with Gasteiger partial charge < -0.3 is 10.3 Å². The monoisotopic (exact) mass is 294 g/mol. The molecular weight excluding hydrogens is 280 g/mol. The van der Waals surface area contributed by atoms with Gasteiger partial charge in [-0.3, -0.25) is 4.79 Å². The molecule has 0 radical (unpaired) electrons. The van der Waals surface area contributed by atoms with Crippen LogP contribution < -0.4 is 11.2 Å². The third-order valence-electron chi connectivity index (χ3n) is 3.51. The van der Waals surface area contributed by atoms with Gasteiger partial charge in [0.15, 0.2) is 5.43 Å². The van der Waals surface area contributed by atoms with Gasteiger partial charge in [-0.05, 0) is 17.7 Å². The van der Waals surface area contributed by atoms with Crippen LogP contribution in [0.1, 0.15) is 11.1 Å². The van der Waals surface area contributed by atoms with Gasteiger partial charge in [-0.1, -0.05) is 48.6 Å². The van der Waals surface area contributed by atoms with E-state index in [4.69, 9.17) is 18.0 Å². The van der Waals surface area contributed by atoms with Gasteiger partial charge in [0.2, 0.25) is 0 Å². The Hall–Kier alpha value is -2.46. The Labute approximate surface area is 127 Å². The van der Waals surface area contributed by atoms with E-state index in [0.717, 1.165) is 16.6 Å². The number of pyridine rings is 1. The Morgan fingerprint density at radius 3 is 2.57 bits per heavy atom. The third-order valence-corrected chi connectivity index (χ3v) is 3.73. The second-order valence-corrected chi connectivity index (χ2v) is 5.29. The predicted octanol–water partition coefficient (Wildman–Crippen LogP) is 2.68. The zero-order valence-electron chi connectivity index (χ0n) is 11.3. The minimum absolute atomic E-state index is 0.0319. The summed E-state index contributed by atoms with van der Waals surface area (Å²) in [5, 5.41) is 0.716. The van der Waals surface area contributed by atoms with Crippen molar-refractivity contribution in [1.82, 2.24) is 4.57 Å². The summed E-state index contributed by atoms with van der Waals surface area (Å²) in [6.07, 6.45) is 1.81. The molecule has 3 rings (SSSR count). The van der Waals surface area contributed by atoms with E-state index in [2.05, 4.69) is 0 Å². The van der Waals surface area contributed by atoms with Crippen molar-refractivity contribution in [2.45, 2.75) is 6.54 Å². The SMILES string of the molecule is NC(=S)c1ccccc1Cn1ccc(=O)c2ccccc21. The van der Waals surface area contributed by atoms with Crippen LogP contribution >= 0.6 is 12.2 Å². The number of hydrogen-bond donors (Lipinski definition) is 1. The van der Waals surface area contributed by atoms with Crippen molar-refractivity contribution in [2.24, 2.45) is 5.73 Å². The average molecular weight is 294 g/mol. The maximum Gasteiger partial charge on any atom is 0.189 e. The summed E-state index contributed by atoms with van der Waals surface area (Å²) < 4.78 is 2.04. The zero-order valence-corrected chi connectivity index (χ0v) is 12.1. The molecule has 0 saturated heterocycles. The number of aromatic nitrogens is 1. The highest BCUT2D eigenvalue weighted by molar-refractivity contribution is 7.80. The number of nitrogens with zero attached hydrogens (tertiary/aromatic N) is 1. The van der Waals surface area contributed by atoms with Crippen molar-refractivity contribution in [1.29, 1.82) is 0 Å². The van der Waals surface area contributed by atoms with Crippen molar-refractivity contribution in [3.63, 3.8) is 0 Å². The van der Waals surface area contributed by atoms with E-state index >= 15 is 0 Å². The van der Waals surface area contributed by atoms with Gasteiger partial charge in [-0.15, -0.1) is 0 Å². The lowest BCUT2D eigenvalue weighted by atomic mass is 10.1. The molecule has 0 aliphatic carbocycles. The summed E-state index contributed by atoms with van der Waals surface area (Å²) in [7, 11) is 0. The highest BCUT2D eigenvalue weighted by atomic mass is 32.1. The predicted molar refractivity (Wildman–Crippen MR) is 89.6 cm³/mol. The number of fused-ring (bicyclic) bond motifs is 1. The molecule has 2 N–H and O–H groups in total. The normalized spacial score (nSPS) is 10.7. The summed E-state index contributed by atoms with van der Waals surface area (Å²) in [5.74, 6) is 0. The fraction of sp³-hybridized carbons (Fsp3) is 0.0588. The Morgan fingerprint density at radius 2 is 1.76 bits per heavy atom. The molecule has 0 unspecified atom stereocenters. The molecule has 0 aliphatic heterocycles. The lowest BCUT2D eigenvalue weighted by molar-refractivity contribution is 0.824. The number of benzene rings is 2. The third kappa shape index (κ3) is 2.58. The van der Waals surface area contributed by atoms with Gasteiger partial charge in [0, 0.05) is 29.8 Å². The second-order valence-electron chi connectivity index (χ2n) is 4.85. The standard InChI is InChI=1S/C17H14N2OS/c18-17(21)13-6-2-1-5-12(13)11-19-10-9-16(20)14-7-3-4-8-15(14)19/h1-10H,11H2,(H2,18,21). The van der Waals surface area contributed by atoms with E-state index in [-0.39, 0.29) is 5.43 Å². The van der Waals surface area contributed by atoms with Crippen LogP contribution in [0.15, 0.2) is 65.6 Å². The fourth-order valence-electron chi connectivity index (χ4n) is 2.48. The topological polar surface area (TPSA) is 48.0 Å². The Balaban J connectivity index is 2.14. The number of hydrogen-bond acceptors (Lipinski definition) is 2. The number of para-hydroxylation sites is 1. The van der Waals surface area contributed by atoms with Gasteiger partial charge in [-0.25, -0.2) is 0 Å². The minimum Gasteiger partial charge on any atom is -0.389 e. The van der Waals surface area contributed by atoms with Gasteiger partial charge >= 0.3 is 0 Å². The first-order valence-corrected chi connectivity index (χ1v) is 7.03. The number of thiocarbonyl (C=S) groups is 1. The summed E-state index contributed by atoms with van der Waals surface area (Å²) >= 11 is 5.10. The van der Waals surface area contributed by atoms with E-state index in [1.54, 1.807) is 12.3 Å². The lowest BCUT2D eigenvalue weighted by Crippen LogP contribution is -2.15. The van der Waals surface area contributed by atoms with E-state index in [1.807, 2.05) is 53.1 Å². The molecule has 0 saturated carbocycles. The van der Waals surface area contributed by atoms with Gasteiger partial charge in [0.1, 0.15) is 4.99 Å². The van der Waals surface area contributed by atoms with Crippen molar-refractivity contribution in [3.8, 4) is 0 Å². The first-order chi connectivity index (χ1) is 10.2. The number of rotatable bonds is 3. The minimum atomic E-state index is 0.0319. The lowest BCUT2D eigenvalue weighted by Gasteiger charge is -2.13.